The molecule has 1 aromatic rings. The number of rotatable bonds is 6. The molecule has 0 aromatic heterocycles. The number of carbonyl (C=O) groups is 1. The Bertz CT molecular complexity index is 519. The lowest BCUT2D eigenvalue weighted by atomic mass is 9.93. The maximum absolute atomic E-state index is 12.4. The summed E-state index contributed by atoms with van der Waals surface area (Å²) < 4.78 is 5.40. The van der Waals surface area contributed by atoms with Crippen LogP contribution in [-0.4, -0.2) is 38.1 Å². The van der Waals surface area contributed by atoms with Crippen LogP contribution in [0.25, 0.3) is 0 Å². The minimum Gasteiger partial charge on any atom is -0.496 e. The average Bonchev–Trinajstić information content (AvgIpc) is 2.53. The van der Waals surface area contributed by atoms with E-state index in [0.717, 1.165) is 36.4 Å². The molecule has 1 heterocycles. The molecule has 1 saturated heterocycles. The Kier molecular flexibility index (Phi) is 8.57. The van der Waals surface area contributed by atoms with Gasteiger partial charge in [-0.05, 0) is 68.8 Å². The van der Waals surface area contributed by atoms with E-state index < -0.39 is 0 Å². The quantitative estimate of drug-likeness (QED) is 0.850. The third-order valence-electron chi connectivity index (χ3n) is 4.79. The van der Waals surface area contributed by atoms with Crippen LogP contribution in [0, 0.1) is 19.8 Å². The molecule has 1 aliphatic heterocycles. The van der Waals surface area contributed by atoms with Crippen molar-refractivity contribution in [1.29, 1.82) is 0 Å². The van der Waals surface area contributed by atoms with E-state index in [1.165, 1.54) is 18.4 Å². The van der Waals surface area contributed by atoms with Crippen molar-refractivity contribution in [3.8, 4) is 5.75 Å². The van der Waals surface area contributed by atoms with Crippen LogP contribution in [0.4, 0.5) is 0 Å². The van der Waals surface area contributed by atoms with Crippen LogP contribution in [0.15, 0.2) is 12.1 Å². The van der Waals surface area contributed by atoms with Gasteiger partial charge in [0.05, 0.1) is 7.11 Å². The van der Waals surface area contributed by atoms with E-state index in [2.05, 4.69) is 17.4 Å². The number of halogens is 1. The third-order valence-corrected chi connectivity index (χ3v) is 4.79. The molecule has 136 valence electrons. The van der Waals surface area contributed by atoms with Crippen molar-refractivity contribution in [2.24, 2.45) is 5.92 Å². The van der Waals surface area contributed by atoms with Gasteiger partial charge in [0.25, 0.3) is 0 Å². The van der Waals surface area contributed by atoms with Crippen molar-refractivity contribution in [2.45, 2.75) is 46.1 Å². The van der Waals surface area contributed by atoms with Gasteiger partial charge in [-0.15, -0.1) is 12.4 Å². The predicted molar refractivity (Wildman–Crippen MR) is 101 cm³/mol. The van der Waals surface area contributed by atoms with E-state index in [1.54, 1.807) is 7.11 Å². The Labute approximate surface area is 152 Å². The van der Waals surface area contributed by atoms with Gasteiger partial charge < -0.3 is 15.0 Å². The summed E-state index contributed by atoms with van der Waals surface area (Å²) in [7, 11) is 3.60. The van der Waals surface area contributed by atoms with Crippen LogP contribution in [0.5, 0.6) is 5.75 Å². The number of hydrogen-bond donors (Lipinski definition) is 1. The van der Waals surface area contributed by atoms with Gasteiger partial charge in [-0.2, -0.15) is 0 Å². The Morgan fingerprint density at radius 3 is 2.38 bits per heavy atom. The smallest absolute Gasteiger partial charge is 0.222 e. The summed E-state index contributed by atoms with van der Waals surface area (Å²) >= 11 is 0. The van der Waals surface area contributed by atoms with E-state index in [1.807, 2.05) is 25.8 Å². The lowest BCUT2D eigenvalue weighted by Crippen LogP contribution is -2.30. The van der Waals surface area contributed by atoms with Crippen LogP contribution in [0.2, 0.25) is 0 Å². The van der Waals surface area contributed by atoms with Crippen LogP contribution in [0.3, 0.4) is 0 Å². The first kappa shape index (κ1) is 20.8. The van der Waals surface area contributed by atoms with E-state index >= 15 is 0 Å². The molecule has 1 amide bonds. The van der Waals surface area contributed by atoms with Crippen LogP contribution in [0.1, 0.15) is 42.4 Å². The number of nitrogens with zero attached hydrogens (tertiary/aromatic N) is 1. The Morgan fingerprint density at radius 1 is 1.25 bits per heavy atom. The Hall–Kier alpha value is -1.26. The van der Waals surface area contributed by atoms with Crippen molar-refractivity contribution in [3.63, 3.8) is 0 Å². The first-order chi connectivity index (χ1) is 11.0. The van der Waals surface area contributed by atoms with E-state index in [9.17, 15) is 4.79 Å². The number of nitrogens with one attached hydrogen (secondary N) is 1. The minimum absolute atomic E-state index is 0. The second-order valence-corrected chi connectivity index (χ2v) is 6.74. The lowest BCUT2D eigenvalue weighted by molar-refractivity contribution is -0.130. The second-order valence-electron chi connectivity index (χ2n) is 6.74. The van der Waals surface area contributed by atoms with E-state index in [-0.39, 0.29) is 18.3 Å². The third kappa shape index (κ3) is 5.67. The number of amides is 1. The first-order valence-electron chi connectivity index (χ1n) is 8.60. The maximum atomic E-state index is 12.4. The number of aryl methyl sites for hydroxylation is 2. The first-order valence-corrected chi connectivity index (χ1v) is 8.60. The molecule has 24 heavy (non-hydrogen) atoms. The van der Waals surface area contributed by atoms with Gasteiger partial charge in [0.15, 0.2) is 0 Å². The molecule has 0 bridgehead atoms. The zero-order chi connectivity index (χ0) is 16.8. The van der Waals surface area contributed by atoms with E-state index in [4.69, 9.17) is 4.74 Å². The molecule has 1 aromatic carbocycles. The number of benzene rings is 1. The number of methoxy groups -OCH3 is 1. The topological polar surface area (TPSA) is 41.6 Å². The fourth-order valence-electron chi connectivity index (χ4n) is 3.50. The number of piperidine rings is 1. The van der Waals surface area contributed by atoms with Gasteiger partial charge in [-0.3, -0.25) is 4.79 Å². The normalized spacial score (nSPS) is 14.8. The van der Waals surface area contributed by atoms with E-state index in [0.29, 0.717) is 18.9 Å². The molecule has 2 rings (SSSR count). The molecule has 4 nitrogen and oxygen atoms in total. The molecule has 1 aliphatic rings. The fraction of sp³-hybridized carbons (Fsp3) is 0.632. The highest BCUT2D eigenvalue weighted by atomic mass is 35.5. The molecule has 0 aliphatic carbocycles. The van der Waals surface area contributed by atoms with Crippen molar-refractivity contribution in [1.82, 2.24) is 10.2 Å². The summed E-state index contributed by atoms with van der Waals surface area (Å²) in [6.07, 6.45) is 4.09. The monoisotopic (exact) mass is 354 g/mol. The van der Waals surface area contributed by atoms with Crippen LogP contribution in [-0.2, 0) is 11.3 Å². The fourth-order valence-corrected chi connectivity index (χ4v) is 3.50. The molecule has 5 heteroatoms. The molecule has 0 radical (unpaired) electrons. The molecule has 0 atom stereocenters. The van der Waals surface area contributed by atoms with Crippen LogP contribution >= 0.6 is 12.4 Å². The average molecular weight is 355 g/mol. The Balaban J connectivity index is 0.00000288. The molecule has 0 saturated carbocycles. The van der Waals surface area contributed by atoms with Gasteiger partial charge in [-0.1, -0.05) is 12.1 Å². The number of ether oxygens (including phenoxy) is 1. The lowest BCUT2D eigenvalue weighted by Gasteiger charge is -2.24. The molecular formula is C19H31ClN2O2. The highest BCUT2D eigenvalue weighted by Gasteiger charge is 2.17. The van der Waals surface area contributed by atoms with Gasteiger partial charge >= 0.3 is 0 Å². The number of hydrogen-bond acceptors (Lipinski definition) is 3. The van der Waals surface area contributed by atoms with Crippen molar-refractivity contribution in [2.75, 3.05) is 27.2 Å². The largest absolute Gasteiger partial charge is 0.496 e. The van der Waals surface area contributed by atoms with Crippen molar-refractivity contribution in [3.05, 3.63) is 28.8 Å². The second kappa shape index (κ2) is 9.90. The zero-order valence-corrected chi connectivity index (χ0v) is 16.2. The standard InChI is InChI=1S/C19H30N2O2.ClH/c1-14-11-17(12-15(2)19(14)23-4)13-21(3)18(22)6-5-16-7-9-20-10-8-16;/h11-12,16,20H,5-10,13H2,1-4H3;1H. The van der Waals surface area contributed by atoms with Gasteiger partial charge in [0.1, 0.15) is 5.75 Å². The predicted octanol–water partition coefficient (Wildman–Crippen LogP) is 3.47. The van der Waals surface area contributed by atoms with Gasteiger partial charge in [0, 0.05) is 20.0 Å². The van der Waals surface area contributed by atoms with Gasteiger partial charge in [-0.25, -0.2) is 0 Å². The molecule has 0 spiro atoms. The molecule has 1 fully saturated rings. The summed E-state index contributed by atoms with van der Waals surface area (Å²) in [5, 5.41) is 3.37. The maximum Gasteiger partial charge on any atom is 0.222 e. The highest BCUT2D eigenvalue weighted by Crippen LogP contribution is 2.25. The summed E-state index contributed by atoms with van der Waals surface area (Å²) in [5.74, 6) is 1.89. The highest BCUT2D eigenvalue weighted by molar-refractivity contribution is 5.85. The minimum atomic E-state index is 0. The molecule has 1 N–H and O–H groups in total. The summed E-state index contributed by atoms with van der Waals surface area (Å²) in [4.78, 5) is 14.2. The Morgan fingerprint density at radius 2 is 1.83 bits per heavy atom. The summed E-state index contributed by atoms with van der Waals surface area (Å²) in [5.41, 5.74) is 3.41. The SMILES string of the molecule is COc1c(C)cc(CN(C)C(=O)CCC2CCNCC2)cc1C.Cl. The van der Waals surface area contributed by atoms with Crippen molar-refractivity contribution < 1.29 is 9.53 Å². The zero-order valence-electron chi connectivity index (χ0n) is 15.4. The van der Waals surface area contributed by atoms with Crippen molar-refractivity contribution >= 4 is 18.3 Å². The van der Waals surface area contributed by atoms with Crippen LogP contribution < -0.4 is 10.1 Å². The van der Waals surface area contributed by atoms with Gasteiger partial charge in [0.2, 0.25) is 5.91 Å². The molecular weight excluding hydrogens is 324 g/mol. The number of carbonyl (C=O) groups excluding carboxylic acids is 1. The summed E-state index contributed by atoms with van der Waals surface area (Å²) in [6.45, 7) is 6.96. The molecule has 0 unspecified atom stereocenters. The summed E-state index contributed by atoms with van der Waals surface area (Å²) in [6, 6.07) is 4.23.